The lowest BCUT2D eigenvalue weighted by Gasteiger charge is -2.37. The van der Waals surface area contributed by atoms with Crippen LogP contribution in [0.5, 0.6) is 5.75 Å². The molecule has 3 aromatic rings. The number of hydrogen-bond acceptors (Lipinski definition) is 3. The van der Waals surface area contributed by atoms with E-state index in [9.17, 15) is 13.6 Å². The molecule has 0 aliphatic carbocycles. The molecule has 3 aromatic carbocycles. The van der Waals surface area contributed by atoms with E-state index in [1.54, 1.807) is 24.3 Å². The van der Waals surface area contributed by atoms with Gasteiger partial charge in [0, 0.05) is 19.5 Å². The summed E-state index contributed by atoms with van der Waals surface area (Å²) in [6.45, 7) is 3.11. The van der Waals surface area contributed by atoms with E-state index in [1.165, 1.54) is 35.4 Å². The Bertz CT molecular complexity index is 1130. The third kappa shape index (κ3) is 4.07. The van der Waals surface area contributed by atoms with Crippen molar-refractivity contribution in [3.63, 3.8) is 0 Å². The summed E-state index contributed by atoms with van der Waals surface area (Å²) in [6, 6.07) is 18.3. The first-order chi connectivity index (χ1) is 16.5. The van der Waals surface area contributed by atoms with Gasteiger partial charge in [0.2, 0.25) is 5.91 Å². The first-order valence-electron chi connectivity index (χ1n) is 11.8. The molecule has 1 fully saturated rings. The second-order valence-electron chi connectivity index (χ2n) is 9.26. The largest absolute Gasteiger partial charge is 0.493 e. The van der Waals surface area contributed by atoms with Gasteiger partial charge in [-0.2, -0.15) is 0 Å². The maximum atomic E-state index is 13.7. The van der Waals surface area contributed by atoms with Crippen molar-refractivity contribution in [2.24, 2.45) is 11.7 Å². The zero-order chi connectivity index (χ0) is 23.7. The highest BCUT2D eigenvalue weighted by atomic mass is 19.1. The average Bonchev–Trinajstić information content (AvgIpc) is 3.50. The van der Waals surface area contributed by atoms with Gasteiger partial charge >= 0.3 is 0 Å². The van der Waals surface area contributed by atoms with Crippen molar-refractivity contribution in [1.82, 2.24) is 4.90 Å². The maximum absolute atomic E-state index is 13.7. The molecule has 4 nitrogen and oxygen atoms in total. The zero-order valence-corrected chi connectivity index (χ0v) is 19.0. The quantitative estimate of drug-likeness (QED) is 0.572. The zero-order valence-electron chi connectivity index (χ0n) is 19.0. The van der Waals surface area contributed by atoms with Crippen molar-refractivity contribution in [2.45, 2.75) is 24.7 Å². The second kappa shape index (κ2) is 9.18. The van der Waals surface area contributed by atoms with Crippen LogP contribution >= 0.6 is 0 Å². The molecule has 34 heavy (non-hydrogen) atoms. The smallest absolute Gasteiger partial charge is 0.232 e. The molecule has 0 radical (unpaired) electrons. The van der Waals surface area contributed by atoms with Crippen molar-refractivity contribution >= 4 is 5.91 Å². The highest BCUT2D eigenvalue weighted by molar-refractivity contribution is 5.91. The summed E-state index contributed by atoms with van der Waals surface area (Å²) in [5.74, 6) is -0.400. The first kappa shape index (κ1) is 22.5. The van der Waals surface area contributed by atoms with E-state index in [2.05, 4.69) is 17.0 Å². The summed E-state index contributed by atoms with van der Waals surface area (Å²) < 4.78 is 33.1. The van der Waals surface area contributed by atoms with Gasteiger partial charge in [0.05, 0.1) is 6.61 Å². The summed E-state index contributed by atoms with van der Waals surface area (Å²) >= 11 is 0. The number of fused-ring (bicyclic) bond motifs is 1. The van der Waals surface area contributed by atoms with Crippen LogP contribution in [0.15, 0.2) is 66.7 Å². The third-order valence-corrected chi connectivity index (χ3v) is 7.34. The Labute approximate surface area is 198 Å². The van der Waals surface area contributed by atoms with Gasteiger partial charge in [-0.3, -0.25) is 4.79 Å². The lowest BCUT2D eigenvalue weighted by Crippen LogP contribution is -2.49. The van der Waals surface area contributed by atoms with Crippen LogP contribution in [0.2, 0.25) is 0 Å². The van der Waals surface area contributed by atoms with E-state index < -0.39 is 11.3 Å². The molecule has 0 saturated carbocycles. The summed E-state index contributed by atoms with van der Waals surface area (Å²) in [6.07, 6.45) is 2.61. The molecule has 0 bridgehead atoms. The number of likely N-dealkylation sites (tertiary alicyclic amines) is 1. The number of ether oxygens (including phenoxy) is 1. The summed E-state index contributed by atoms with van der Waals surface area (Å²) in [4.78, 5) is 15.5. The van der Waals surface area contributed by atoms with E-state index in [-0.39, 0.29) is 17.6 Å². The number of halogens is 2. The molecule has 1 atom stereocenters. The Morgan fingerprint density at radius 1 is 1.00 bits per heavy atom. The molecule has 1 amide bonds. The van der Waals surface area contributed by atoms with Gasteiger partial charge in [-0.1, -0.05) is 36.4 Å². The standard InChI is InChI=1S/C28H28F2N2O2/c29-24-6-2-21(3-7-24)28(27(31)33,22-4-8-25(30)9-5-22)23-12-15-32(18-23)14-11-19-1-10-26-20(17-19)13-16-34-26/h1-10,17,23H,11-16,18H2,(H2,31,33)/t23-/m1/s1. The number of nitrogens with two attached hydrogens (primary N) is 1. The van der Waals surface area contributed by atoms with Gasteiger partial charge < -0.3 is 15.4 Å². The fourth-order valence-electron chi connectivity index (χ4n) is 5.62. The fourth-order valence-corrected chi connectivity index (χ4v) is 5.62. The number of hydrogen-bond donors (Lipinski definition) is 1. The Balaban J connectivity index is 1.41. The molecule has 176 valence electrons. The molecule has 6 heteroatoms. The molecule has 2 N–H and O–H groups in total. The molecular formula is C28H28F2N2O2. The van der Waals surface area contributed by atoms with Crippen molar-refractivity contribution in [2.75, 3.05) is 26.2 Å². The lowest BCUT2D eigenvalue weighted by molar-refractivity contribution is -0.123. The van der Waals surface area contributed by atoms with E-state index in [0.29, 0.717) is 17.7 Å². The van der Waals surface area contributed by atoms with Gasteiger partial charge in [-0.25, -0.2) is 8.78 Å². The predicted molar refractivity (Wildman–Crippen MR) is 127 cm³/mol. The van der Waals surface area contributed by atoms with Gasteiger partial charge in [0.1, 0.15) is 22.8 Å². The molecule has 0 spiro atoms. The summed E-state index contributed by atoms with van der Waals surface area (Å²) in [5, 5.41) is 0. The molecule has 2 aliphatic heterocycles. The van der Waals surface area contributed by atoms with Gasteiger partial charge in [-0.15, -0.1) is 0 Å². The van der Waals surface area contributed by atoms with Crippen LogP contribution in [0.25, 0.3) is 0 Å². The predicted octanol–water partition coefficient (Wildman–Crippen LogP) is 4.24. The molecule has 1 saturated heterocycles. The van der Waals surface area contributed by atoms with Crippen LogP contribution in [0, 0.1) is 17.6 Å². The number of carbonyl (C=O) groups excluding carboxylic acids is 1. The average molecular weight is 463 g/mol. The van der Waals surface area contributed by atoms with Crippen LogP contribution in [-0.4, -0.2) is 37.0 Å². The number of benzene rings is 3. The fraction of sp³-hybridized carbons (Fsp3) is 0.321. The minimum absolute atomic E-state index is 0.116. The Kier molecular flexibility index (Phi) is 6.09. The van der Waals surface area contributed by atoms with Crippen molar-refractivity contribution in [1.29, 1.82) is 0 Å². The number of carbonyl (C=O) groups is 1. The third-order valence-electron chi connectivity index (χ3n) is 7.34. The van der Waals surface area contributed by atoms with Crippen molar-refractivity contribution < 1.29 is 18.3 Å². The monoisotopic (exact) mass is 462 g/mol. The van der Waals surface area contributed by atoms with E-state index in [1.807, 2.05) is 6.07 Å². The lowest BCUT2D eigenvalue weighted by atomic mass is 9.64. The molecule has 2 aliphatic rings. The van der Waals surface area contributed by atoms with Crippen LogP contribution in [0.4, 0.5) is 8.78 Å². The van der Waals surface area contributed by atoms with Crippen LogP contribution < -0.4 is 10.5 Å². The molecule has 5 rings (SSSR count). The second-order valence-corrected chi connectivity index (χ2v) is 9.26. The van der Waals surface area contributed by atoms with Crippen molar-refractivity contribution in [3.8, 4) is 5.75 Å². The van der Waals surface area contributed by atoms with E-state index in [4.69, 9.17) is 10.5 Å². The Morgan fingerprint density at radius 2 is 1.65 bits per heavy atom. The van der Waals surface area contributed by atoms with Gasteiger partial charge in [-0.05, 0) is 77.9 Å². The molecule has 0 aromatic heterocycles. The Morgan fingerprint density at radius 3 is 2.26 bits per heavy atom. The van der Waals surface area contributed by atoms with Crippen LogP contribution in [0.3, 0.4) is 0 Å². The van der Waals surface area contributed by atoms with Crippen LogP contribution in [0.1, 0.15) is 28.7 Å². The molecule has 0 unspecified atom stereocenters. The number of amides is 1. The summed E-state index contributed by atoms with van der Waals surface area (Å²) in [5.41, 5.74) is 8.74. The minimum atomic E-state index is -1.17. The van der Waals surface area contributed by atoms with Gasteiger partial charge in [0.25, 0.3) is 0 Å². The number of primary amides is 1. The minimum Gasteiger partial charge on any atom is -0.493 e. The molecular weight excluding hydrogens is 434 g/mol. The van der Waals surface area contributed by atoms with Crippen LogP contribution in [-0.2, 0) is 23.1 Å². The van der Waals surface area contributed by atoms with Crippen molar-refractivity contribution in [3.05, 3.63) is 101 Å². The number of rotatable bonds is 7. The topological polar surface area (TPSA) is 55.6 Å². The Hall–Kier alpha value is -3.25. The SMILES string of the molecule is NC(=O)C(c1ccc(F)cc1)(c1ccc(F)cc1)[C@@H]1CCN(CCc2ccc3c(c2)CCO3)C1. The normalized spacial score (nSPS) is 18.0. The molecule has 2 heterocycles. The highest BCUT2D eigenvalue weighted by Crippen LogP contribution is 2.44. The summed E-state index contributed by atoms with van der Waals surface area (Å²) in [7, 11) is 0. The highest BCUT2D eigenvalue weighted by Gasteiger charge is 2.49. The number of nitrogens with zero attached hydrogens (tertiary/aromatic N) is 1. The van der Waals surface area contributed by atoms with Gasteiger partial charge in [0.15, 0.2) is 0 Å². The maximum Gasteiger partial charge on any atom is 0.232 e. The van der Waals surface area contributed by atoms with E-state index in [0.717, 1.165) is 44.7 Å². The van der Waals surface area contributed by atoms with E-state index >= 15 is 0 Å². The first-order valence-corrected chi connectivity index (χ1v) is 11.8.